The molecule has 0 radical (unpaired) electrons. The number of aryl methyl sites for hydroxylation is 1. The Morgan fingerprint density at radius 3 is 2.52 bits per heavy atom. The molecule has 1 saturated heterocycles. The van der Waals surface area contributed by atoms with Gasteiger partial charge in [-0.25, -0.2) is 9.48 Å². The fraction of sp³-hybridized carbons (Fsp3) is 0.393. The number of carboxylic acids is 1. The van der Waals surface area contributed by atoms with Gasteiger partial charge in [-0.15, -0.1) is 11.8 Å². The minimum Gasteiger partial charge on any atom is -0.476 e. The lowest BCUT2D eigenvalue weighted by Gasteiger charge is -2.39. The summed E-state index contributed by atoms with van der Waals surface area (Å²) < 4.78 is 7.12. The molecule has 12 heteroatoms. The minimum atomic E-state index is -1.13. The summed E-state index contributed by atoms with van der Waals surface area (Å²) in [6, 6.07) is 13.5. The number of benzene rings is 2. The second-order valence-electron chi connectivity index (χ2n) is 10.3. The highest BCUT2D eigenvalue weighted by molar-refractivity contribution is 7.99. The van der Waals surface area contributed by atoms with Crippen molar-refractivity contribution in [2.75, 3.05) is 34.5 Å². The van der Waals surface area contributed by atoms with Gasteiger partial charge in [0.1, 0.15) is 6.61 Å². The molecule has 2 fully saturated rings. The number of fused-ring (bicyclic) bond motifs is 1. The fourth-order valence-electron chi connectivity index (χ4n) is 5.34. The van der Waals surface area contributed by atoms with Gasteiger partial charge >= 0.3 is 5.97 Å². The first-order chi connectivity index (χ1) is 19.3. The van der Waals surface area contributed by atoms with Gasteiger partial charge in [0.2, 0.25) is 11.8 Å². The van der Waals surface area contributed by atoms with E-state index in [1.54, 1.807) is 24.9 Å². The Bertz CT molecular complexity index is 1460. The summed E-state index contributed by atoms with van der Waals surface area (Å²) in [6.45, 7) is 2.14. The first kappa shape index (κ1) is 27.3. The zero-order valence-electron chi connectivity index (χ0n) is 21.9. The maximum atomic E-state index is 13.9. The normalized spacial score (nSPS) is 19.1. The minimum absolute atomic E-state index is 0.0992. The molecule has 3 heterocycles. The van der Waals surface area contributed by atoms with E-state index in [0.717, 1.165) is 35.1 Å². The Balaban J connectivity index is 1.15. The molecule has 1 aliphatic carbocycles. The SMILES string of the molecule is Cn1nc(C(=O)O)cc1OCc1cc(Cl)c(CN2CSC[C@H]2C(=O)N2CCN(C3CC3)c3ccccc32)cc1Cl. The molecule has 2 aromatic carbocycles. The van der Waals surface area contributed by atoms with E-state index < -0.39 is 5.97 Å². The Morgan fingerprint density at radius 1 is 1.07 bits per heavy atom. The molecule has 6 rings (SSSR count). The summed E-state index contributed by atoms with van der Waals surface area (Å²) in [6.07, 6.45) is 2.44. The van der Waals surface area contributed by atoms with Gasteiger partial charge in [-0.3, -0.25) is 9.69 Å². The molecule has 1 amide bonds. The number of amides is 1. The van der Waals surface area contributed by atoms with E-state index in [1.807, 2.05) is 23.1 Å². The molecule has 210 valence electrons. The smallest absolute Gasteiger partial charge is 0.356 e. The fourth-order valence-corrected chi connectivity index (χ4v) is 7.01. The summed E-state index contributed by atoms with van der Waals surface area (Å²) in [5.74, 6) is 0.758. The number of anilines is 2. The highest BCUT2D eigenvalue weighted by Gasteiger charge is 2.40. The topological polar surface area (TPSA) is 91.1 Å². The van der Waals surface area contributed by atoms with E-state index in [1.165, 1.54) is 23.6 Å². The summed E-state index contributed by atoms with van der Waals surface area (Å²) >= 11 is 15.0. The zero-order chi connectivity index (χ0) is 28.0. The highest BCUT2D eigenvalue weighted by Crippen LogP contribution is 2.41. The molecule has 3 aliphatic rings. The molecule has 1 saturated carbocycles. The van der Waals surface area contributed by atoms with Gasteiger partial charge in [-0.1, -0.05) is 35.3 Å². The summed E-state index contributed by atoms with van der Waals surface area (Å²) in [5, 5.41) is 14.1. The van der Waals surface area contributed by atoms with E-state index in [9.17, 15) is 9.59 Å². The molecule has 0 unspecified atom stereocenters. The standard InChI is InChI=1S/C28H29Cl2N5O4S/c1-32-26(12-22(31-32)28(37)38)39-14-18-11-20(29)17(10-21(18)30)13-33-16-40-15-25(33)27(36)35-9-8-34(19-6-7-19)23-4-2-3-5-24(23)35/h2-5,10-12,19,25H,6-9,13-16H2,1H3,(H,37,38)/t25-/m0/s1. The molecular formula is C28H29Cl2N5O4S. The number of carboxylic acid groups (broad SMARTS) is 1. The van der Waals surface area contributed by atoms with E-state index in [-0.39, 0.29) is 24.2 Å². The average molecular weight is 603 g/mol. The number of hydrogen-bond acceptors (Lipinski definition) is 7. The van der Waals surface area contributed by atoms with Crippen molar-refractivity contribution >= 4 is 58.2 Å². The lowest BCUT2D eigenvalue weighted by molar-refractivity contribution is -0.122. The number of hydrogen-bond donors (Lipinski definition) is 1. The Labute approximate surface area is 246 Å². The lowest BCUT2D eigenvalue weighted by atomic mass is 10.1. The number of para-hydroxylation sites is 2. The molecule has 1 aromatic heterocycles. The van der Waals surface area contributed by atoms with Crippen molar-refractivity contribution < 1.29 is 19.4 Å². The van der Waals surface area contributed by atoms with Crippen molar-refractivity contribution in [1.29, 1.82) is 0 Å². The van der Waals surface area contributed by atoms with Crippen LogP contribution in [0.1, 0.15) is 34.5 Å². The number of thioether (sulfide) groups is 1. The first-order valence-electron chi connectivity index (χ1n) is 13.2. The van der Waals surface area contributed by atoms with Crippen LogP contribution in [0.2, 0.25) is 10.0 Å². The third-order valence-corrected chi connectivity index (χ3v) is 9.35. The lowest BCUT2D eigenvalue weighted by Crippen LogP contribution is -2.52. The van der Waals surface area contributed by atoms with E-state index in [2.05, 4.69) is 27.0 Å². The van der Waals surface area contributed by atoms with Gasteiger partial charge in [0.25, 0.3) is 0 Å². The Morgan fingerprint density at radius 2 is 1.80 bits per heavy atom. The Hall–Kier alpha value is -2.92. The number of halogens is 2. The second kappa shape index (κ2) is 11.2. The van der Waals surface area contributed by atoms with Crippen molar-refractivity contribution in [3.05, 3.63) is 69.3 Å². The second-order valence-corrected chi connectivity index (χ2v) is 12.1. The number of nitrogens with zero attached hydrogens (tertiary/aromatic N) is 5. The maximum absolute atomic E-state index is 13.9. The van der Waals surface area contributed by atoms with Crippen LogP contribution in [0, 0.1) is 0 Å². The average Bonchev–Trinajstić information content (AvgIpc) is 3.56. The van der Waals surface area contributed by atoms with Crippen LogP contribution in [-0.2, 0) is 25.0 Å². The van der Waals surface area contributed by atoms with Crippen molar-refractivity contribution in [3.8, 4) is 5.88 Å². The maximum Gasteiger partial charge on any atom is 0.356 e. The molecule has 9 nitrogen and oxygen atoms in total. The summed E-state index contributed by atoms with van der Waals surface area (Å²) in [4.78, 5) is 31.6. The van der Waals surface area contributed by atoms with Crippen molar-refractivity contribution in [3.63, 3.8) is 0 Å². The van der Waals surface area contributed by atoms with Crippen LogP contribution in [0.3, 0.4) is 0 Å². The van der Waals surface area contributed by atoms with Gasteiger partial charge in [0.15, 0.2) is 5.69 Å². The molecule has 1 atom stereocenters. The molecule has 2 aliphatic heterocycles. The van der Waals surface area contributed by atoms with Gasteiger partial charge in [0, 0.05) is 66.0 Å². The molecular weight excluding hydrogens is 573 g/mol. The number of aromatic nitrogens is 2. The van der Waals surface area contributed by atoms with Crippen LogP contribution >= 0.6 is 35.0 Å². The highest BCUT2D eigenvalue weighted by atomic mass is 35.5. The molecule has 1 N–H and O–H groups in total. The largest absolute Gasteiger partial charge is 0.476 e. The number of rotatable bonds is 8. The van der Waals surface area contributed by atoms with Crippen LogP contribution in [0.15, 0.2) is 42.5 Å². The zero-order valence-corrected chi connectivity index (χ0v) is 24.3. The molecule has 0 spiro atoms. The predicted molar refractivity (Wildman–Crippen MR) is 157 cm³/mol. The molecule has 0 bridgehead atoms. The number of ether oxygens (including phenoxy) is 1. The van der Waals surface area contributed by atoms with Crippen LogP contribution < -0.4 is 14.5 Å². The van der Waals surface area contributed by atoms with Crippen LogP contribution in [0.4, 0.5) is 11.4 Å². The van der Waals surface area contributed by atoms with Gasteiger partial charge < -0.3 is 19.6 Å². The third kappa shape index (κ3) is 5.37. The quantitative estimate of drug-likeness (QED) is 0.390. The first-order valence-corrected chi connectivity index (χ1v) is 15.1. The third-order valence-electron chi connectivity index (χ3n) is 7.58. The molecule has 40 heavy (non-hydrogen) atoms. The number of aromatic carboxylic acids is 1. The van der Waals surface area contributed by atoms with Crippen molar-refractivity contribution in [2.45, 2.75) is 38.1 Å². The number of carbonyl (C=O) groups is 2. The summed E-state index contributed by atoms with van der Waals surface area (Å²) in [5.41, 5.74) is 3.56. The monoisotopic (exact) mass is 601 g/mol. The van der Waals surface area contributed by atoms with Crippen LogP contribution in [-0.4, -0.2) is 68.5 Å². The van der Waals surface area contributed by atoms with E-state index in [4.69, 9.17) is 33.0 Å². The Kier molecular flexibility index (Phi) is 7.60. The van der Waals surface area contributed by atoms with Crippen LogP contribution in [0.25, 0.3) is 0 Å². The van der Waals surface area contributed by atoms with E-state index >= 15 is 0 Å². The van der Waals surface area contributed by atoms with Gasteiger partial charge in [-0.05, 0) is 42.7 Å². The molecule has 3 aromatic rings. The van der Waals surface area contributed by atoms with Crippen molar-refractivity contribution in [2.24, 2.45) is 7.05 Å². The van der Waals surface area contributed by atoms with Gasteiger partial charge in [-0.2, -0.15) is 5.10 Å². The summed E-state index contributed by atoms with van der Waals surface area (Å²) in [7, 11) is 1.61. The number of carbonyl (C=O) groups excluding carboxylic acids is 1. The van der Waals surface area contributed by atoms with Gasteiger partial charge in [0.05, 0.1) is 17.4 Å². The van der Waals surface area contributed by atoms with E-state index in [0.29, 0.717) is 40.6 Å². The van der Waals surface area contributed by atoms with Crippen LogP contribution in [0.5, 0.6) is 5.88 Å². The van der Waals surface area contributed by atoms with Crippen molar-refractivity contribution in [1.82, 2.24) is 14.7 Å². The predicted octanol–water partition coefficient (Wildman–Crippen LogP) is 4.89.